The Hall–Kier alpha value is -2.08. The normalized spacial score (nSPS) is 18.7. The topological polar surface area (TPSA) is 76.1 Å². The van der Waals surface area contributed by atoms with Gasteiger partial charge in [0.1, 0.15) is 0 Å². The number of carbonyl (C=O) groups excluding carboxylic acids is 2. The zero-order chi connectivity index (χ0) is 13.4. The second kappa shape index (κ2) is 4.30. The third kappa shape index (κ3) is 1.62. The number of likely N-dealkylation sites (N-methyl/N-ethyl adjacent to an activating group) is 1. The minimum absolute atomic E-state index is 0.142. The maximum absolute atomic E-state index is 11.8. The van der Waals surface area contributed by atoms with Crippen molar-refractivity contribution >= 4 is 11.7 Å². The van der Waals surface area contributed by atoms with Crippen LogP contribution in [0.3, 0.4) is 0 Å². The fraction of sp³-hybridized carbons (Fsp3) is 0.333. The summed E-state index contributed by atoms with van der Waals surface area (Å²) in [5.74, 6) is -0.680. The Balaban J connectivity index is 2.65. The van der Waals surface area contributed by atoms with Crippen LogP contribution < -0.4 is 9.47 Å². The molecule has 1 amide bonds. The summed E-state index contributed by atoms with van der Waals surface area (Å²) in [4.78, 5) is 24.4. The summed E-state index contributed by atoms with van der Waals surface area (Å²) in [5.41, 5.74) is 0.475. The van der Waals surface area contributed by atoms with E-state index >= 15 is 0 Å². The highest BCUT2D eigenvalue weighted by Crippen LogP contribution is 2.36. The minimum Gasteiger partial charge on any atom is -0.493 e. The number of rotatable bonds is 2. The van der Waals surface area contributed by atoms with Gasteiger partial charge in [0.2, 0.25) is 0 Å². The van der Waals surface area contributed by atoms with E-state index in [1.807, 2.05) is 0 Å². The van der Waals surface area contributed by atoms with Crippen LogP contribution in [-0.4, -0.2) is 43.0 Å². The molecule has 0 saturated carbocycles. The lowest BCUT2D eigenvalue weighted by atomic mass is 9.96. The maximum atomic E-state index is 11.8. The number of carbonyl (C=O) groups is 2. The number of aliphatic hydroxyl groups is 1. The van der Waals surface area contributed by atoms with Crippen molar-refractivity contribution in [3.63, 3.8) is 0 Å². The quantitative estimate of drug-likeness (QED) is 0.767. The van der Waals surface area contributed by atoms with Gasteiger partial charge in [-0.25, -0.2) is 0 Å². The SMILES string of the molecule is COc1cc2c(cc1OC)C(O)N(C)C(=O)C2=O. The van der Waals surface area contributed by atoms with Gasteiger partial charge in [-0.05, 0) is 12.1 Å². The van der Waals surface area contributed by atoms with E-state index in [2.05, 4.69) is 0 Å². The Morgan fingerprint density at radius 1 is 1.17 bits per heavy atom. The second-order valence-electron chi connectivity index (χ2n) is 3.91. The van der Waals surface area contributed by atoms with E-state index in [1.54, 1.807) is 0 Å². The number of hydrogen-bond acceptors (Lipinski definition) is 5. The predicted octanol–water partition coefficient (Wildman–Crippen LogP) is 0.349. The molecule has 0 radical (unpaired) electrons. The molecule has 0 aromatic heterocycles. The van der Waals surface area contributed by atoms with Crippen molar-refractivity contribution in [2.24, 2.45) is 0 Å². The Kier molecular flexibility index (Phi) is 2.96. The van der Waals surface area contributed by atoms with Gasteiger partial charge in [0.15, 0.2) is 17.7 Å². The maximum Gasteiger partial charge on any atom is 0.297 e. The summed E-state index contributed by atoms with van der Waals surface area (Å²) in [6.45, 7) is 0. The van der Waals surface area contributed by atoms with E-state index in [0.29, 0.717) is 17.1 Å². The van der Waals surface area contributed by atoms with Gasteiger partial charge in [-0.15, -0.1) is 0 Å². The molecule has 1 aromatic carbocycles. The zero-order valence-corrected chi connectivity index (χ0v) is 10.3. The van der Waals surface area contributed by atoms with Crippen LogP contribution in [0, 0.1) is 0 Å². The number of benzene rings is 1. The number of amides is 1. The molecule has 0 spiro atoms. The lowest BCUT2D eigenvalue weighted by molar-refractivity contribution is -0.135. The average Bonchev–Trinajstić information content (AvgIpc) is 2.41. The highest BCUT2D eigenvalue weighted by molar-refractivity contribution is 6.44. The van der Waals surface area contributed by atoms with Gasteiger partial charge < -0.3 is 19.5 Å². The van der Waals surface area contributed by atoms with Crippen LogP contribution >= 0.6 is 0 Å². The van der Waals surface area contributed by atoms with Crippen LogP contribution in [0.4, 0.5) is 0 Å². The van der Waals surface area contributed by atoms with Crippen LogP contribution in [0.5, 0.6) is 11.5 Å². The summed E-state index contributed by atoms with van der Waals surface area (Å²) < 4.78 is 10.2. The van der Waals surface area contributed by atoms with Crippen molar-refractivity contribution in [3.8, 4) is 11.5 Å². The number of aliphatic hydroxyl groups excluding tert-OH is 1. The van der Waals surface area contributed by atoms with Crippen LogP contribution in [-0.2, 0) is 4.79 Å². The summed E-state index contributed by atoms with van der Waals surface area (Å²) >= 11 is 0. The van der Waals surface area contributed by atoms with Gasteiger partial charge in [-0.3, -0.25) is 9.59 Å². The smallest absolute Gasteiger partial charge is 0.297 e. The first-order chi connectivity index (χ1) is 8.51. The van der Waals surface area contributed by atoms with E-state index in [1.165, 1.54) is 33.4 Å². The molecule has 0 fully saturated rings. The van der Waals surface area contributed by atoms with Crippen LogP contribution in [0.15, 0.2) is 12.1 Å². The van der Waals surface area contributed by atoms with E-state index in [-0.39, 0.29) is 5.56 Å². The number of hydrogen-bond donors (Lipinski definition) is 1. The monoisotopic (exact) mass is 251 g/mol. The number of ether oxygens (including phenoxy) is 2. The average molecular weight is 251 g/mol. The van der Waals surface area contributed by atoms with Crippen LogP contribution in [0.1, 0.15) is 22.1 Å². The van der Waals surface area contributed by atoms with Crippen LogP contribution in [0.25, 0.3) is 0 Å². The molecule has 1 aromatic rings. The molecule has 2 rings (SSSR count). The molecular weight excluding hydrogens is 238 g/mol. The third-order valence-corrected chi connectivity index (χ3v) is 2.96. The molecule has 1 unspecified atom stereocenters. The molecule has 1 aliphatic rings. The van der Waals surface area contributed by atoms with Gasteiger partial charge in [0.25, 0.3) is 11.7 Å². The Morgan fingerprint density at radius 2 is 1.72 bits per heavy atom. The third-order valence-electron chi connectivity index (χ3n) is 2.96. The van der Waals surface area contributed by atoms with E-state index in [9.17, 15) is 14.7 Å². The Labute approximate surface area is 104 Å². The molecule has 1 atom stereocenters. The van der Waals surface area contributed by atoms with Crippen LogP contribution in [0.2, 0.25) is 0 Å². The molecule has 6 heteroatoms. The number of ketones is 1. The highest BCUT2D eigenvalue weighted by Gasteiger charge is 2.36. The summed E-state index contributed by atoms with van der Waals surface area (Å²) in [7, 11) is 4.25. The first-order valence-electron chi connectivity index (χ1n) is 5.26. The van der Waals surface area contributed by atoms with Gasteiger partial charge >= 0.3 is 0 Å². The molecule has 1 aliphatic heterocycles. The molecule has 18 heavy (non-hydrogen) atoms. The fourth-order valence-electron chi connectivity index (χ4n) is 1.90. The molecule has 0 bridgehead atoms. The van der Waals surface area contributed by atoms with Crippen molar-refractivity contribution in [1.82, 2.24) is 4.90 Å². The molecule has 1 N–H and O–H groups in total. The summed E-state index contributed by atoms with van der Waals surface area (Å²) in [5, 5.41) is 9.96. The molecule has 96 valence electrons. The van der Waals surface area contributed by atoms with Gasteiger partial charge in [-0.1, -0.05) is 0 Å². The van der Waals surface area contributed by atoms with Crippen molar-refractivity contribution in [2.75, 3.05) is 21.3 Å². The first kappa shape index (κ1) is 12.4. The molecular formula is C12H13NO5. The fourth-order valence-corrected chi connectivity index (χ4v) is 1.90. The van der Waals surface area contributed by atoms with E-state index < -0.39 is 17.9 Å². The Morgan fingerprint density at radius 3 is 2.28 bits per heavy atom. The van der Waals surface area contributed by atoms with Gasteiger partial charge in [0.05, 0.1) is 14.2 Å². The van der Waals surface area contributed by atoms with Gasteiger partial charge in [0, 0.05) is 18.2 Å². The largest absolute Gasteiger partial charge is 0.493 e. The zero-order valence-electron chi connectivity index (χ0n) is 10.3. The number of Topliss-reactive ketones (excluding diaryl/α,β-unsaturated/α-hetero) is 1. The highest BCUT2D eigenvalue weighted by atomic mass is 16.5. The minimum atomic E-state index is -1.16. The Bertz CT molecular complexity index is 525. The summed E-state index contributed by atoms with van der Waals surface area (Å²) in [6, 6.07) is 2.91. The number of methoxy groups -OCH3 is 2. The standard InChI is InChI=1S/C12H13NO5/c1-13-11(15)7-5-9(18-3)8(17-2)4-6(7)10(14)12(13)16/h4-5,11,15H,1-3H3. The van der Waals surface area contributed by atoms with Crippen molar-refractivity contribution in [2.45, 2.75) is 6.23 Å². The predicted molar refractivity (Wildman–Crippen MR) is 61.6 cm³/mol. The van der Waals surface area contributed by atoms with Crippen molar-refractivity contribution in [3.05, 3.63) is 23.3 Å². The lowest BCUT2D eigenvalue weighted by Gasteiger charge is -2.30. The van der Waals surface area contributed by atoms with Crippen molar-refractivity contribution in [1.29, 1.82) is 0 Å². The molecule has 0 saturated heterocycles. The summed E-state index contributed by atoms with van der Waals surface area (Å²) in [6.07, 6.45) is -1.16. The van der Waals surface area contributed by atoms with Gasteiger partial charge in [-0.2, -0.15) is 0 Å². The number of nitrogens with zero attached hydrogens (tertiary/aromatic N) is 1. The molecule has 6 nitrogen and oxygen atoms in total. The lowest BCUT2D eigenvalue weighted by Crippen LogP contribution is -2.41. The molecule has 1 heterocycles. The number of fused-ring (bicyclic) bond motifs is 1. The molecule has 0 aliphatic carbocycles. The first-order valence-corrected chi connectivity index (χ1v) is 5.26. The second-order valence-corrected chi connectivity index (χ2v) is 3.91. The van der Waals surface area contributed by atoms with Crippen molar-refractivity contribution < 1.29 is 24.2 Å². The van der Waals surface area contributed by atoms with E-state index in [4.69, 9.17) is 9.47 Å². The van der Waals surface area contributed by atoms with E-state index in [0.717, 1.165) is 4.90 Å².